The molecule has 6 nitrogen and oxygen atoms in total. The van der Waals surface area contributed by atoms with E-state index in [-0.39, 0.29) is 12.3 Å². The van der Waals surface area contributed by atoms with Crippen molar-refractivity contribution in [1.29, 1.82) is 0 Å². The number of aromatic carboxylic acids is 1. The van der Waals surface area contributed by atoms with Gasteiger partial charge in [0.2, 0.25) is 0 Å². The number of aromatic nitrogens is 2. The molecule has 1 aromatic carbocycles. The van der Waals surface area contributed by atoms with Crippen LogP contribution in [0.4, 0.5) is 0 Å². The summed E-state index contributed by atoms with van der Waals surface area (Å²) in [7, 11) is 3.17. The van der Waals surface area contributed by atoms with Crippen LogP contribution < -0.4 is 4.74 Å². The van der Waals surface area contributed by atoms with Crippen LogP contribution in [0, 0.1) is 0 Å². The van der Waals surface area contributed by atoms with Crippen LogP contribution in [0.3, 0.4) is 0 Å². The van der Waals surface area contributed by atoms with Crippen molar-refractivity contribution in [1.82, 2.24) is 9.78 Å². The lowest BCUT2D eigenvalue weighted by Crippen LogP contribution is -2.00. The number of nitrogens with zero attached hydrogens (tertiary/aromatic N) is 2. The summed E-state index contributed by atoms with van der Waals surface area (Å²) in [6, 6.07) is 6.79. The average Bonchev–Trinajstić information content (AvgIpc) is 2.79. The van der Waals surface area contributed by atoms with Gasteiger partial charge in [-0.2, -0.15) is 5.10 Å². The molecule has 0 saturated heterocycles. The second kappa shape index (κ2) is 5.11. The first-order valence-electron chi connectivity index (χ1n) is 5.63. The van der Waals surface area contributed by atoms with Gasteiger partial charge in [0.15, 0.2) is 5.69 Å². The Morgan fingerprint density at radius 3 is 2.74 bits per heavy atom. The zero-order chi connectivity index (χ0) is 14.0. The van der Waals surface area contributed by atoms with E-state index >= 15 is 0 Å². The number of para-hydroxylation sites is 1. The van der Waals surface area contributed by atoms with Crippen molar-refractivity contribution in [2.75, 3.05) is 7.11 Å². The van der Waals surface area contributed by atoms with Crippen LogP contribution in [0.25, 0.3) is 11.3 Å². The number of benzene rings is 1. The molecule has 2 rings (SSSR count). The Labute approximate surface area is 109 Å². The molecule has 1 heterocycles. The summed E-state index contributed by atoms with van der Waals surface area (Å²) in [5.74, 6) is -0.566. The first-order chi connectivity index (χ1) is 9.08. The fraction of sp³-hybridized carbons (Fsp3) is 0.231. The molecule has 0 atom stereocenters. The minimum atomic E-state index is -1.08. The molecule has 0 unspecified atom stereocenters. The number of hydrogen-bond donors (Lipinski definition) is 2. The van der Waals surface area contributed by atoms with Crippen molar-refractivity contribution in [2.24, 2.45) is 7.05 Å². The SMILES string of the molecule is COc1c(CO)cccc1-c1cc(C(=O)O)nn1C. The lowest BCUT2D eigenvalue weighted by molar-refractivity contribution is 0.0689. The van der Waals surface area contributed by atoms with Gasteiger partial charge in [-0.3, -0.25) is 4.68 Å². The van der Waals surface area contributed by atoms with E-state index in [0.717, 1.165) is 0 Å². The molecule has 0 saturated carbocycles. The number of hydrogen-bond acceptors (Lipinski definition) is 4. The lowest BCUT2D eigenvalue weighted by Gasteiger charge is -2.12. The molecule has 0 radical (unpaired) electrons. The van der Waals surface area contributed by atoms with E-state index < -0.39 is 5.97 Å². The Bertz CT molecular complexity index is 619. The molecule has 100 valence electrons. The number of rotatable bonds is 4. The third-order valence-corrected chi connectivity index (χ3v) is 2.85. The molecule has 2 aromatic rings. The topological polar surface area (TPSA) is 84.6 Å². The fourth-order valence-corrected chi connectivity index (χ4v) is 1.98. The molecule has 0 aliphatic carbocycles. The van der Waals surface area contributed by atoms with Gasteiger partial charge in [-0.15, -0.1) is 0 Å². The Kier molecular flexibility index (Phi) is 3.52. The highest BCUT2D eigenvalue weighted by Gasteiger charge is 2.17. The van der Waals surface area contributed by atoms with E-state index in [4.69, 9.17) is 9.84 Å². The van der Waals surface area contributed by atoms with Crippen LogP contribution in [-0.2, 0) is 13.7 Å². The van der Waals surface area contributed by atoms with Crippen LogP contribution in [0.2, 0.25) is 0 Å². The maximum atomic E-state index is 10.9. The largest absolute Gasteiger partial charge is 0.496 e. The van der Waals surface area contributed by atoms with Crippen molar-refractivity contribution >= 4 is 5.97 Å². The summed E-state index contributed by atoms with van der Waals surface area (Å²) < 4.78 is 6.77. The molecule has 0 amide bonds. The number of aliphatic hydroxyl groups is 1. The average molecular weight is 262 g/mol. The summed E-state index contributed by atoms with van der Waals surface area (Å²) in [6.45, 7) is -0.152. The predicted molar refractivity (Wildman–Crippen MR) is 68.1 cm³/mol. The molecule has 0 bridgehead atoms. The molecule has 0 aliphatic rings. The number of aliphatic hydroxyl groups excluding tert-OH is 1. The van der Waals surface area contributed by atoms with E-state index in [2.05, 4.69) is 5.10 Å². The fourth-order valence-electron chi connectivity index (χ4n) is 1.98. The Morgan fingerprint density at radius 2 is 2.21 bits per heavy atom. The highest BCUT2D eigenvalue weighted by atomic mass is 16.5. The maximum Gasteiger partial charge on any atom is 0.356 e. The molecule has 19 heavy (non-hydrogen) atoms. The van der Waals surface area contributed by atoms with Crippen LogP contribution in [-0.4, -0.2) is 33.1 Å². The molecule has 2 N–H and O–H groups in total. The number of methoxy groups -OCH3 is 1. The van der Waals surface area contributed by atoms with Crippen molar-refractivity contribution in [3.05, 3.63) is 35.5 Å². The molecule has 1 aromatic heterocycles. The van der Waals surface area contributed by atoms with Gasteiger partial charge in [0.25, 0.3) is 0 Å². The zero-order valence-electron chi connectivity index (χ0n) is 10.6. The molecule has 0 aliphatic heterocycles. The molecule has 0 fully saturated rings. The van der Waals surface area contributed by atoms with Crippen molar-refractivity contribution < 1.29 is 19.7 Å². The molecular formula is C13H14N2O4. The number of carboxylic acid groups (broad SMARTS) is 1. The molecule has 0 spiro atoms. The standard InChI is InChI=1S/C13H14N2O4/c1-15-11(6-10(14-15)13(17)18)9-5-3-4-8(7-16)12(9)19-2/h3-6,16H,7H2,1-2H3,(H,17,18). The second-order valence-corrected chi connectivity index (χ2v) is 4.00. The van der Waals surface area contributed by atoms with Crippen LogP contribution >= 0.6 is 0 Å². The van der Waals surface area contributed by atoms with Gasteiger partial charge < -0.3 is 14.9 Å². The number of ether oxygens (including phenoxy) is 1. The summed E-state index contributed by atoms with van der Waals surface area (Å²) in [6.07, 6.45) is 0. The van der Waals surface area contributed by atoms with Crippen molar-refractivity contribution in [3.8, 4) is 17.0 Å². The van der Waals surface area contributed by atoms with Crippen LogP contribution in [0.5, 0.6) is 5.75 Å². The third-order valence-electron chi connectivity index (χ3n) is 2.85. The maximum absolute atomic E-state index is 10.9. The first kappa shape index (κ1) is 13.1. The van der Waals surface area contributed by atoms with E-state index in [1.807, 2.05) is 0 Å². The van der Waals surface area contributed by atoms with Gasteiger partial charge in [0.1, 0.15) is 5.75 Å². The van der Waals surface area contributed by atoms with Gasteiger partial charge in [-0.1, -0.05) is 12.1 Å². The first-order valence-corrected chi connectivity index (χ1v) is 5.63. The van der Waals surface area contributed by atoms with Gasteiger partial charge in [-0.05, 0) is 12.1 Å². The van der Waals surface area contributed by atoms with Gasteiger partial charge in [0.05, 0.1) is 19.4 Å². The van der Waals surface area contributed by atoms with Gasteiger partial charge in [0, 0.05) is 18.2 Å². The van der Waals surface area contributed by atoms with E-state index in [0.29, 0.717) is 22.6 Å². The summed E-state index contributed by atoms with van der Waals surface area (Å²) in [5, 5.41) is 22.2. The van der Waals surface area contributed by atoms with E-state index in [1.54, 1.807) is 25.2 Å². The van der Waals surface area contributed by atoms with Gasteiger partial charge in [-0.25, -0.2) is 4.79 Å². The zero-order valence-corrected chi connectivity index (χ0v) is 10.6. The third kappa shape index (κ3) is 2.30. The Morgan fingerprint density at radius 1 is 1.47 bits per heavy atom. The smallest absolute Gasteiger partial charge is 0.356 e. The van der Waals surface area contributed by atoms with Crippen LogP contribution in [0.1, 0.15) is 16.1 Å². The predicted octanol–water partition coefficient (Wildman–Crippen LogP) is 1.29. The summed E-state index contributed by atoms with van der Waals surface area (Å²) in [4.78, 5) is 10.9. The molecule has 6 heteroatoms. The number of aryl methyl sites for hydroxylation is 1. The number of carboxylic acids is 1. The van der Waals surface area contributed by atoms with Crippen LogP contribution in [0.15, 0.2) is 24.3 Å². The lowest BCUT2D eigenvalue weighted by atomic mass is 10.1. The van der Waals surface area contributed by atoms with Gasteiger partial charge >= 0.3 is 5.97 Å². The summed E-state index contributed by atoms with van der Waals surface area (Å²) in [5.41, 5.74) is 1.91. The van der Waals surface area contributed by atoms with E-state index in [1.165, 1.54) is 17.9 Å². The Balaban J connectivity index is 2.61. The monoisotopic (exact) mass is 262 g/mol. The quantitative estimate of drug-likeness (QED) is 0.867. The minimum absolute atomic E-state index is 0.0334. The minimum Gasteiger partial charge on any atom is -0.496 e. The van der Waals surface area contributed by atoms with Crippen molar-refractivity contribution in [2.45, 2.75) is 6.61 Å². The Hall–Kier alpha value is -2.34. The normalized spacial score (nSPS) is 10.5. The second-order valence-electron chi connectivity index (χ2n) is 4.00. The summed E-state index contributed by atoms with van der Waals surface area (Å²) >= 11 is 0. The van der Waals surface area contributed by atoms with E-state index in [9.17, 15) is 9.90 Å². The number of carbonyl (C=O) groups is 1. The highest BCUT2D eigenvalue weighted by molar-refractivity contribution is 5.87. The molecular weight excluding hydrogens is 248 g/mol. The van der Waals surface area contributed by atoms with Crippen molar-refractivity contribution in [3.63, 3.8) is 0 Å². The highest BCUT2D eigenvalue weighted by Crippen LogP contribution is 2.33.